The second kappa shape index (κ2) is 6.95. The zero-order valence-electron chi connectivity index (χ0n) is 17.2. The maximum absolute atomic E-state index is 15.0. The summed E-state index contributed by atoms with van der Waals surface area (Å²) in [6, 6.07) is 2.06. The number of nitrogens with zero attached hydrogens (tertiary/aromatic N) is 2. The molecule has 0 N–H and O–H groups in total. The molecule has 1 saturated heterocycles. The van der Waals surface area contributed by atoms with Gasteiger partial charge >= 0.3 is 0 Å². The summed E-state index contributed by atoms with van der Waals surface area (Å²) in [5.41, 5.74) is 2.78. The van der Waals surface area contributed by atoms with E-state index in [1.807, 2.05) is 10.9 Å². The molecule has 4 rings (SSSR count). The second-order valence-electron chi connectivity index (χ2n) is 9.34. The number of hydrogen-bond acceptors (Lipinski definition) is 3. The predicted molar refractivity (Wildman–Crippen MR) is 116 cm³/mol. The van der Waals surface area contributed by atoms with Gasteiger partial charge in [-0.15, -0.1) is 0 Å². The molecular formula is C21H28BrFN2O2Si. The lowest BCUT2D eigenvalue weighted by Crippen LogP contribution is -2.40. The van der Waals surface area contributed by atoms with Crippen LogP contribution in [-0.4, -0.2) is 24.7 Å². The summed E-state index contributed by atoms with van der Waals surface area (Å²) in [6.45, 7) is 11.6. The van der Waals surface area contributed by atoms with Gasteiger partial charge in [0.15, 0.2) is 6.23 Å². The van der Waals surface area contributed by atoms with Crippen LogP contribution in [0, 0.1) is 0 Å². The highest BCUT2D eigenvalue weighted by atomic mass is 79.9. The van der Waals surface area contributed by atoms with Crippen molar-refractivity contribution in [1.82, 2.24) is 9.78 Å². The van der Waals surface area contributed by atoms with Crippen LogP contribution in [-0.2, 0) is 15.6 Å². The molecule has 28 heavy (non-hydrogen) atoms. The molecule has 1 aliphatic heterocycles. The van der Waals surface area contributed by atoms with Crippen LogP contribution in [0.2, 0.25) is 18.1 Å². The highest BCUT2D eigenvalue weighted by molar-refractivity contribution is 9.10. The Balaban J connectivity index is 1.77. The van der Waals surface area contributed by atoms with Gasteiger partial charge in [-0.05, 0) is 65.0 Å². The number of fused-ring (bicyclic) bond motifs is 2. The van der Waals surface area contributed by atoms with E-state index in [4.69, 9.17) is 9.16 Å². The minimum absolute atomic E-state index is 0.00279. The van der Waals surface area contributed by atoms with Crippen molar-refractivity contribution in [1.29, 1.82) is 0 Å². The van der Waals surface area contributed by atoms with Crippen LogP contribution in [0.4, 0.5) is 4.39 Å². The third-order valence-electron chi connectivity index (χ3n) is 6.33. The zero-order chi connectivity index (χ0) is 20.3. The van der Waals surface area contributed by atoms with Gasteiger partial charge in [0, 0.05) is 28.5 Å². The van der Waals surface area contributed by atoms with Gasteiger partial charge in [0.05, 0.1) is 11.7 Å². The van der Waals surface area contributed by atoms with Crippen molar-refractivity contribution in [2.24, 2.45) is 0 Å². The van der Waals surface area contributed by atoms with Crippen LogP contribution < -0.4 is 0 Å². The number of rotatable bonds is 3. The number of allylic oxidation sites excluding steroid dienone is 1. The molecule has 152 valence electrons. The molecule has 0 bridgehead atoms. The van der Waals surface area contributed by atoms with E-state index in [0.717, 1.165) is 52.4 Å². The fourth-order valence-corrected chi connectivity index (χ4v) is 5.40. The molecule has 1 atom stereocenters. The van der Waals surface area contributed by atoms with Gasteiger partial charge in [0.1, 0.15) is 11.6 Å². The first-order valence-electron chi connectivity index (χ1n) is 9.98. The predicted octanol–water partition coefficient (Wildman–Crippen LogP) is 6.71. The average molecular weight is 467 g/mol. The molecule has 1 aromatic carbocycles. The molecule has 2 heterocycles. The third-order valence-corrected chi connectivity index (χ3v) is 11.5. The first kappa shape index (κ1) is 20.1. The van der Waals surface area contributed by atoms with E-state index in [9.17, 15) is 0 Å². The van der Waals surface area contributed by atoms with E-state index >= 15 is 4.39 Å². The van der Waals surface area contributed by atoms with Gasteiger partial charge in [-0.1, -0.05) is 20.8 Å². The Morgan fingerprint density at radius 2 is 2.07 bits per heavy atom. The molecule has 2 aromatic rings. The highest BCUT2D eigenvalue weighted by Crippen LogP contribution is 2.47. The summed E-state index contributed by atoms with van der Waals surface area (Å²) in [5.74, 6) is 0.235. The van der Waals surface area contributed by atoms with Crippen LogP contribution in [0.15, 0.2) is 22.6 Å². The molecule has 4 nitrogen and oxygen atoms in total. The molecule has 1 fully saturated rings. The summed E-state index contributed by atoms with van der Waals surface area (Å²) in [7, 11) is -2.15. The van der Waals surface area contributed by atoms with Gasteiger partial charge in [-0.3, -0.25) is 0 Å². The molecule has 0 amide bonds. The Morgan fingerprint density at radius 1 is 1.32 bits per heavy atom. The molecule has 1 aliphatic carbocycles. The summed E-state index contributed by atoms with van der Waals surface area (Å²) in [5, 5.41) is 5.57. The van der Waals surface area contributed by atoms with E-state index in [1.54, 1.807) is 0 Å². The molecule has 1 unspecified atom stereocenters. The van der Waals surface area contributed by atoms with E-state index in [-0.39, 0.29) is 23.5 Å². The first-order valence-corrected chi connectivity index (χ1v) is 13.7. The zero-order valence-corrected chi connectivity index (χ0v) is 19.8. The van der Waals surface area contributed by atoms with Gasteiger partial charge in [0.25, 0.3) is 8.32 Å². The Kier molecular flexibility index (Phi) is 4.99. The fourth-order valence-electron chi connectivity index (χ4n) is 3.63. The first-order chi connectivity index (χ1) is 13.1. The molecule has 0 spiro atoms. The van der Waals surface area contributed by atoms with Crippen LogP contribution in [0.1, 0.15) is 57.4 Å². The van der Waals surface area contributed by atoms with E-state index < -0.39 is 8.32 Å². The van der Waals surface area contributed by atoms with Crippen LogP contribution in [0.5, 0.6) is 0 Å². The largest absolute Gasteiger partial charge is 0.541 e. The van der Waals surface area contributed by atoms with Gasteiger partial charge in [0.2, 0.25) is 0 Å². The molecule has 2 aliphatic rings. The van der Waals surface area contributed by atoms with Crippen molar-refractivity contribution in [2.45, 2.75) is 70.8 Å². The van der Waals surface area contributed by atoms with Gasteiger partial charge in [-0.25, -0.2) is 9.07 Å². The number of benzene rings is 1. The van der Waals surface area contributed by atoms with Crippen molar-refractivity contribution in [3.8, 4) is 0 Å². The van der Waals surface area contributed by atoms with Crippen LogP contribution >= 0.6 is 15.9 Å². The minimum atomic E-state index is -2.15. The Hall–Kier alpha value is -1.18. The fraction of sp³-hybridized carbons (Fsp3) is 0.571. The van der Waals surface area contributed by atoms with Crippen LogP contribution in [0.25, 0.3) is 16.7 Å². The summed E-state index contributed by atoms with van der Waals surface area (Å²) in [4.78, 5) is 0. The molecule has 0 saturated carbocycles. The summed E-state index contributed by atoms with van der Waals surface area (Å²) < 4.78 is 30.1. The van der Waals surface area contributed by atoms with E-state index in [0.29, 0.717) is 5.76 Å². The number of hydrogen-bond donors (Lipinski definition) is 0. The molecule has 7 heteroatoms. The molecular weight excluding hydrogens is 439 g/mol. The Bertz CT molecular complexity index is 955. The van der Waals surface area contributed by atoms with Crippen LogP contribution in [0.3, 0.4) is 0 Å². The Morgan fingerprint density at radius 3 is 2.71 bits per heavy atom. The minimum Gasteiger partial charge on any atom is -0.541 e. The second-order valence-corrected chi connectivity index (χ2v) is 14.9. The lowest BCUT2D eigenvalue weighted by Gasteiger charge is -2.37. The maximum Gasteiger partial charge on any atom is 0.250 e. The topological polar surface area (TPSA) is 36.3 Å². The van der Waals surface area contributed by atoms with E-state index in [1.165, 1.54) is 0 Å². The highest BCUT2D eigenvalue weighted by Gasteiger charge is 2.42. The smallest absolute Gasteiger partial charge is 0.250 e. The molecule has 1 aromatic heterocycles. The molecule has 0 radical (unpaired) electrons. The number of ether oxygens (including phenoxy) is 1. The standard InChI is InChI=1S/C21H28BrFN2O2Si/c1-21(2,3)28(4,5)27-20-15(23)10-13-11-16-14(19(22)18(13)20)12-24-25(16)17-8-6-7-9-26-17/h11-12,17H,6-10H2,1-5H3. The van der Waals surface area contributed by atoms with Gasteiger partial charge in [-0.2, -0.15) is 5.10 Å². The number of aromatic nitrogens is 2. The Labute approximate surface area is 175 Å². The maximum atomic E-state index is 15.0. The monoisotopic (exact) mass is 466 g/mol. The average Bonchev–Trinajstić information content (AvgIpc) is 3.17. The summed E-state index contributed by atoms with van der Waals surface area (Å²) >= 11 is 3.74. The number of halogens is 2. The van der Waals surface area contributed by atoms with E-state index in [2.05, 4.69) is 61.0 Å². The van der Waals surface area contributed by atoms with Crippen molar-refractivity contribution in [3.63, 3.8) is 0 Å². The lowest BCUT2D eigenvalue weighted by atomic mass is 10.1. The normalized spacial score (nSPS) is 20.8. The van der Waals surface area contributed by atoms with Crippen molar-refractivity contribution in [2.75, 3.05) is 6.61 Å². The quantitative estimate of drug-likeness (QED) is 0.471. The third kappa shape index (κ3) is 3.25. The lowest BCUT2D eigenvalue weighted by molar-refractivity contribution is -0.0366. The van der Waals surface area contributed by atoms with Crippen molar-refractivity contribution in [3.05, 3.63) is 33.7 Å². The van der Waals surface area contributed by atoms with Gasteiger partial charge < -0.3 is 9.16 Å². The SMILES string of the molecule is CC(C)(C)[Si](C)(C)OC1=C(F)Cc2cc3c(cnn3C3CCCCO3)c(Br)c21. The van der Waals surface area contributed by atoms with Crippen molar-refractivity contribution < 1.29 is 13.6 Å². The van der Waals surface area contributed by atoms with Crippen molar-refractivity contribution >= 4 is 40.9 Å². The summed E-state index contributed by atoms with van der Waals surface area (Å²) in [6.07, 6.45) is 5.26.